The molecule has 1 aromatic rings. The predicted molar refractivity (Wildman–Crippen MR) is 89.4 cm³/mol. The summed E-state index contributed by atoms with van der Waals surface area (Å²) in [6.45, 7) is 6.64. The third-order valence-corrected chi connectivity index (χ3v) is 5.18. The summed E-state index contributed by atoms with van der Waals surface area (Å²) in [5.74, 6) is 0.903. The number of nitrogens with zero attached hydrogens (tertiary/aromatic N) is 3. The van der Waals surface area contributed by atoms with Crippen LogP contribution in [0.4, 0.5) is 0 Å². The second-order valence-electron chi connectivity index (χ2n) is 5.58. The molecule has 0 spiro atoms. The minimum atomic E-state index is 0. The Morgan fingerprint density at radius 2 is 2.00 bits per heavy atom. The standard InChI is InChI=1S/C14H25BrN4.ClH/c1-11-14(15)13(18(3)17-11)10-19-8-5-12(6-9-19)4-7-16-2;/h12,16H,4-10H2,1-3H3;1H. The van der Waals surface area contributed by atoms with Crippen LogP contribution in [0.1, 0.15) is 30.7 Å². The van der Waals surface area contributed by atoms with Crippen LogP contribution in [0.15, 0.2) is 4.47 Å². The van der Waals surface area contributed by atoms with Crippen LogP contribution in [0.2, 0.25) is 0 Å². The molecular weight excluding hydrogens is 340 g/mol. The molecule has 0 aliphatic carbocycles. The number of piperidine rings is 1. The zero-order valence-electron chi connectivity index (χ0n) is 12.7. The van der Waals surface area contributed by atoms with Crippen molar-refractivity contribution in [3.05, 3.63) is 15.9 Å². The fraction of sp³-hybridized carbons (Fsp3) is 0.786. The van der Waals surface area contributed by atoms with Gasteiger partial charge in [0.1, 0.15) is 0 Å². The minimum Gasteiger partial charge on any atom is -0.320 e. The lowest BCUT2D eigenvalue weighted by Crippen LogP contribution is -2.34. The van der Waals surface area contributed by atoms with E-state index >= 15 is 0 Å². The van der Waals surface area contributed by atoms with E-state index in [1.54, 1.807) is 0 Å². The Balaban J connectivity index is 0.00000200. The second-order valence-corrected chi connectivity index (χ2v) is 6.37. The van der Waals surface area contributed by atoms with Crippen molar-refractivity contribution < 1.29 is 0 Å². The van der Waals surface area contributed by atoms with Crippen molar-refractivity contribution in [2.24, 2.45) is 13.0 Å². The zero-order valence-corrected chi connectivity index (χ0v) is 15.1. The van der Waals surface area contributed by atoms with Gasteiger partial charge in [-0.3, -0.25) is 9.58 Å². The molecule has 0 radical (unpaired) electrons. The van der Waals surface area contributed by atoms with E-state index in [-0.39, 0.29) is 12.4 Å². The molecule has 0 atom stereocenters. The van der Waals surface area contributed by atoms with E-state index in [9.17, 15) is 0 Å². The molecule has 6 heteroatoms. The summed E-state index contributed by atoms with van der Waals surface area (Å²) in [7, 11) is 4.07. The molecule has 1 saturated heterocycles. The van der Waals surface area contributed by atoms with Crippen LogP contribution in [0.3, 0.4) is 0 Å². The number of nitrogens with one attached hydrogen (secondary N) is 1. The Morgan fingerprint density at radius 3 is 2.50 bits per heavy atom. The van der Waals surface area contributed by atoms with Crippen LogP contribution in [-0.4, -0.2) is 41.4 Å². The van der Waals surface area contributed by atoms with Gasteiger partial charge in [0.2, 0.25) is 0 Å². The van der Waals surface area contributed by atoms with Gasteiger partial charge in [-0.05, 0) is 74.7 Å². The highest BCUT2D eigenvalue weighted by atomic mass is 79.9. The van der Waals surface area contributed by atoms with Crippen LogP contribution in [0.5, 0.6) is 0 Å². The molecule has 0 unspecified atom stereocenters. The molecule has 1 aromatic heterocycles. The molecule has 0 saturated carbocycles. The van der Waals surface area contributed by atoms with Crippen LogP contribution in [0.25, 0.3) is 0 Å². The summed E-state index contributed by atoms with van der Waals surface area (Å²) in [4.78, 5) is 2.55. The third kappa shape index (κ3) is 4.45. The van der Waals surface area contributed by atoms with Gasteiger partial charge in [0.05, 0.1) is 15.9 Å². The van der Waals surface area contributed by atoms with Crippen molar-refractivity contribution in [1.29, 1.82) is 0 Å². The zero-order chi connectivity index (χ0) is 13.8. The molecule has 1 fully saturated rings. The van der Waals surface area contributed by atoms with Gasteiger partial charge < -0.3 is 5.32 Å². The smallest absolute Gasteiger partial charge is 0.0739 e. The summed E-state index contributed by atoms with van der Waals surface area (Å²) in [5, 5.41) is 7.72. The first-order chi connectivity index (χ1) is 9.11. The van der Waals surface area contributed by atoms with Crippen molar-refractivity contribution >= 4 is 28.3 Å². The molecule has 0 bridgehead atoms. The number of aromatic nitrogens is 2. The number of rotatable bonds is 5. The lowest BCUT2D eigenvalue weighted by molar-refractivity contribution is 0.168. The highest BCUT2D eigenvalue weighted by Gasteiger charge is 2.21. The normalized spacial score (nSPS) is 17.2. The molecule has 116 valence electrons. The number of halogens is 2. The van der Waals surface area contributed by atoms with Gasteiger partial charge in [-0.15, -0.1) is 12.4 Å². The van der Waals surface area contributed by atoms with E-state index in [0.717, 1.165) is 24.7 Å². The quantitative estimate of drug-likeness (QED) is 0.871. The van der Waals surface area contributed by atoms with Crippen molar-refractivity contribution in [2.45, 2.75) is 32.7 Å². The van der Waals surface area contributed by atoms with Gasteiger partial charge in [-0.25, -0.2) is 0 Å². The number of hydrogen-bond acceptors (Lipinski definition) is 3. The summed E-state index contributed by atoms with van der Waals surface area (Å²) < 4.78 is 3.18. The first-order valence-corrected chi connectivity index (χ1v) is 7.96. The maximum atomic E-state index is 4.47. The average molecular weight is 366 g/mol. The number of aryl methyl sites for hydroxylation is 2. The Bertz CT molecular complexity index is 414. The molecule has 1 aliphatic heterocycles. The maximum Gasteiger partial charge on any atom is 0.0739 e. The van der Waals surface area contributed by atoms with Gasteiger partial charge >= 0.3 is 0 Å². The van der Waals surface area contributed by atoms with Gasteiger partial charge in [-0.1, -0.05) is 0 Å². The fourth-order valence-corrected chi connectivity index (χ4v) is 3.31. The summed E-state index contributed by atoms with van der Waals surface area (Å²) in [6.07, 6.45) is 3.98. The van der Waals surface area contributed by atoms with Crippen LogP contribution in [0, 0.1) is 12.8 Å². The van der Waals surface area contributed by atoms with E-state index in [1.165, 1.54) is 42.5 Å². The van der Waals surface area contributed by atoms with E-state index < -0.39 is 0 Å². The number of likely N-dealkylation sites (tertiary alicyclic amines) is 1. The van der Waals surface area contributed by atoms with Gasteiger partial charge in [0.25, 0.3) is 0 Å². The molecule has 4 nitrogen and oxygen atoms in total. The van der Waals surface area contributed by atoms with Gasteiger partial charge in [0, 0.05) is 13.6 Å². The van der Waals surface area contributed by atoms with E-state index in [1.807, 2.05) is 18.8 Å². The first-order valence-electron chi connectivity index (χ1n) is 7.16. The van der Waals surface area contributed by atoms with Crippen molar-refractivity contribution in [3.8, 4) is 0 Å². The van der Waals surface area contributed by atoms with E-state index in [0.29, 0.717) is 0 Å². The molecule has 2 heterocycles. The topological polar surface area (TPSA) is 33.1 Å². The Labute approximate surface area is 136 Å². The van der Waals surface area contributed by atoms with Crippen molar-refractivity contribution in [1.82, 2.24) is 20.0 Å². The molecule has 1 N–H and O–H groups in total. The van der Waals surface area contributed by atoms with E-state index in [4.69, 9.17) is 0 Å². The molecular formula is C14H26BrClN4. The molecule has 0 amide bonds. The highest BCUT2D eigenvalue weighted by Crippen LogP contribution is 2.25. The van der Waals surface area contributed by atoms with Crippen molar-refractivity contribution in [3.63, 3.8) is 0 Å². The Morgan fingerprint density at radius 1 is 1.35 bits per heavy atom. The van der Waals surface area contributed by atoms with Crippen LogP contribution >= 0.6 is 28.3 Å². The first kappa shape index (κ1) is 18.0. The maximum absolute atomic E-state index is 4.47. The molecule has 2 rings (SSSR count). The summed E-state index contributed by atoms with van der Waals surface area (Å²) in [5.41, 5.74) is 2.38. The number of hydrogen-bond donors (Lipinski definition) is 1. The highest BCUT2D eigenvalue weighted by molar-refractivity contribution is 9.10. The average Bonchev–Trinajstić information content (AvgIpc) is 2.64. The van der Waals surface area contributed by atoms with Gasteiger partial charge in [-0.2, -0.15) is 5.10 Å². The fourth-order valence-electron chi connectivity index (χ4n) is 2.85. The summed E-state index contributed by atoms with van der Waals surface area (Å²) in [6, 6.07) is 0. The van der Waals surface area contributed by atoms with Gasteiger partial charge in [0.15, 0.2) is 0 Å². The Kier molecular flexibility index (Phi) is 7.51. The lowest BCUT2D eigenvalue weighted by atomic mass is 9.93. The SMILES string of the molecule is CNCCC1CCN(Cc2c(Br)c(C)nn2C)CC1.Cl. The second kappa shape index (κ2) is 8.37. The van der Waals surface area contributed by atoms with Crippen LogP contribution < -0.4 is 5.32 Å². The Hall–Kier alpha value is -0.100. The molecule has 20 heavy (non-hydrogen) atoms. The largest absolute Gasteiger partial charge is 0.320 e. The third-order valence-electron chi connectivity index (χ3n) is 4.14. The van der Waals surface area contributed by atoms with E-state index in [2.05, 4.69) is 38.2 Å². The monoisotopic (exact) mass is 364 g/mol. The lowest BCUT2D eigenvalue weighted by Gasteiger charge is -2.32. The van der Waals surface area contributed by atoms with Crippen LogP contribution in [-0.2, 0) is 13.6 Å². The predicted octanol–water partition coefficient (Wildman–Crippen LogP) is 2.73. The minimum absolute atomic E-state index is 0. The molecule has 0 aromatic carbocycles. The molecule has 1 aliphatic rings. The summed E-state index contributed by atoms with van der Waals surface area (Å²) >= 11 is 3.66. The van der Waals surface area contributed by atoms with Crippen molar-refractivity contribution in [2.75, 3.05) is 26.7 Å².